The molecule has 0 atom stereocenters. The fourth-order valence-corrected chi connectivity index (χ4v) is 3.16. The number of hydrogen-bond acceptors (Lipinski definition) is 3. The summed E-state index contributed by atoms with van der Waals surface area (Å²) in [6.07, 6.45) is 3.38. The molecule has 27 heavy (non-hydrogen) atoms. The zero-order valence-electron chi connectivity index (χ0n) is 15.1. The molecule has 0 bridgehead atoms. The van der Waals surface area contributed by atoms with E-state index < -0.39 is 0 Å². The van der Waals surface area contributed by atoms with Crippen LogP contribution in [0.5, 0.6) is 5.75 Å². The molecule has 140 valence electrons. The Morgan fingerprint density at radius 1 is 1.00 bits per heavy atom. The van der Waals surface area contributed by atoms with Crippen LogP contribution in [0.15, 0.2) is 54.6 Å². The van der Waals surface area contributed by atoms with Crippen molar-refractivity contribution in [1.82, 2.24) is 9.80 Å². The van der Waals surface area contributed by atoms with Gasteiger partial charge >= 0.3 is 0 Å². The number of amides is 2. The standard InChI is InChI=1S/C21H21ClN2O3/c1-27-19-9-8-17(22)15-18(19)21(26)24-13-11-23(12-14-24)20(25)10-7-16-5-3-2-4-6-16/h2-10,15H,11-14H2,1H3/b10-7+. The third kappa shape index (κ3) is 4.68. The molecule has 2 aromatic rings. The van der Waals surface area contributed by atoms with Crippen LogP contribution in [0.4, 0.5) is 0 Å². The third-order valence-electron chi connectivity index (χ3n) is 4.49. The minimum absolute atomic E-state index is 0.0497. The molecule has 0 radical (unpaired) electrons. The average Bonchev–Trinajstić information content (AvgIpc) is 2.72. The van der Waals surface area contributed by atoms with Gasteiger partial charge in [0.2, 0.25) is 5.91 Å². The van der Waals surface area contributed by atoms with Crippen molar-refractivity contribution < 1.29 is 14.3 Å². The summed E-state index contributed by atoms with van der Waals surface area (Å²) in [5.74, 6) is 0.307. The number of hydrogen-bond donors (Lipinski definition) is 0. The van der Waals surface area contributed by atoms with Crippen LogP contribution in [0.2, 0.25) is 5.02 Å². The number of piperazine rings is 1. The number of nitrogens with zero attached hydrogens (tertiary/aromatic N) is 2. The molecule has 2 aromatic carbocycles. The summed E-state index contributed by atoms with van der Waals surface area (Å²) in [5.41, 5.74) is 1.42. The minimum atomic E-state index is -0.138. The Hall–Kier alpha value is -2.79. The van der Waals surface area contributed by atoms with Crippen molar-refractivity contribution in [1.29, 1.82) is 0 Å². The van der Waals surface area contributed by atoms with E-state index in [-0.39, 0.29) is 11.8 Å². The topological polar surface area (TPSA) is 49.9 Å². The van der Waals surface area contributed by atoms with Gasteiger partial charge in [-0.2, -0.15) is 0 Å². The van der Waals surface area contributed by atoms with Crippen LogP contribution in [0.1, 0.15) is 15.9 Å². The fraction of sp³-hybridized carbons (Fsp3) is 0.238. The Kier molecular flexibility index (Phi) is 6.14. The van der Waals surface area contributed by atoms with Crippen LogP contribution in [-0.2, 0) is 4.79 Å². The maximum atomic E-state index is 12.8. The monoisotopic (exact) mass is 384 g/mol. The molecule has 5 nitrogen and oxygen atoms in total. The third-order valence-corrected chi connectivity index (χ3v) is 4.72. The van der Waals surface area contributed by atoms with Crippen molar-refractivity contribution in [3.8, 4) is 5.75 Å². The molecule has 0 saturated carbocycles. The van der Waals surface area contributed by atoms with Crippen molar-refractivity contribution in [2.75, 3.05) is 33.3 Å². The summed E-state index contributed by atoms with van der Waals surface area (Å²) < 4.78 is 5.27. The lowest BCUT2D eigenvalue weighted by Crippen LogP contribution is -2.50. The highest BCUT2D eigenvalue weighted by molar-refractivity contribution is 6.31. The smallest absolute Gasteiger partial charge is 0.257 e. The predicted octanol–water partition coefficient (Wildman–Crippen LogP) is 3.35. The van der Waals surface area contributed by atoms with Gasteiger partial charge in [0, 0.05) is 37.3 Å². The molecule has 2 amide bonds. The van der Waals surface area contributed by atoms with Crippen LogP contribution in [-0.4, -0.2) is 54.9 Å². The highest BCUT2D eigenvalue weighted by Crippen LogP contribution is 2.24. The van der Waals surface area contributed by atoms with E-state index in [1.807, 2.05) is 30.3 Å². The summed E-state index contributed by atoms with van der Waals surface area (Å²) in [6, 6.07) is 14.7. The van der Waals surface area contributed by atoms with E-state index in [4.69, 9.17) is 16.3 Å². The molecule has 0 aromatic heterocycles. The lowest BCUT2D eigenvalue weighted by atomic mass is 10.1. The molecule has 1 heterocycles. The van der Waals surface area contributed by atoms with Crippen LogP contribution in [0.25, 0.3) is 6.08 Å². The highest BCUT2D eigenvalue weighted by Gasteiger charge is 2.25. The second-order valence-electron chi connectivity index (χ2n) is 6.21. The first-order chi connectivity index (χ1) is 13.1. The zero-order valence-corrected chi connectivity index (χ0v) is 15.9. The molecule has 1 fully saturated rings. The van der Waals surface area contributed by atoms with Crippen molar-refractivity contribution in [2.45, 2.75) is 0 Å². The van der Waals surface area contributed by atoms with E-state index in [0.717, 1.165) is 5.56 Å². The van der Waals surface area contributed by atoms with Gasteiger partial charge in [0.15, 0.2) is 0 Å². The van der Waals surface area contributed by atoms with E-state index in [1.54, 1.807) is 40.2 Å². The largest absolute Gasteiger partial charge is 0.496 e. The zero-order chi connectivity index (χ0) is 19.2. The maximum Gasteiger partial charge on any atom is 0.257 e. The Balaban J connectivity index is 1.60. The van der Waals surface area contributed by atoms with Gasteiger partial charge in [0.25, 0.3) is 5.91 Å². The van der Waals surface area contributed by atoms with E-state index in [2.05, 4.69) is 0 Å². The molecule has 0 spiro atoms. The number of carbonyl (C=O) groups excluding carboxylic acids is 2. The summed E-state index contributed by atoms with van der Waals surface area (Å²) in [7, 11) is 1.52. The molecule has 0 unspecified atom stereocenters. The summed E-state index contributed by atoms with van der Waals surface area (Å²) in [4.78, 5) is 28.6. The van der Waals surface area contributed by atoms with Gasteiger partial charge in [-0.15, -0.1) is 0 Å². The normalized spacial score (nSPS) is 14.4. The molecule has 3 rings (SSSR count). The average molecular weight is 385 g/mol. The van der Waals surface area contributed by atoms with E-state index in [1.165, 1.54) is 7.11 Å². The van der Waals surface area contributed by atoms with Crippen molar-refractivity contribution in [3.63, 3.8) is 0 Å². The highest BCUT2D eigenvalue weighted by atomic mass is 35.5. The second kappa shape index (κ2) is 8.73. The van der Waals surface area contributed by atoms with E-state index in [9.17, 15) is 9.59 Å². The maximum absolute atomic E-state index is 12.8. The Morgan fingerprint density at radius 2 is 1.67 bits per heavy atom. The molecular formula is C21H21ClN2O3. The first-order valence-electron chi connectivity index (χ1n) is 8.73. The van der Waals surface area contributed by atoms with E-state index in [0.29, 0.717) is 42.5 Å². The Labute approximate surface area is 163 Å². The molecular weight excluding hydrogens is 364 g/mol. The molecule has 1 aliphatic rings. The molecule has 0 N–H and O–H groups in total. The first-order valence-corrected chi connectivity index (χ1v) is 9.11. The SMILES string of the molecule is COc1ccc(Cl)cc1C(=O)N1CCN(C(=O)/C=C/c2ccccc2)CC1. The number of halogens is 1. The molecule has 0 aliphatic carbocycles. The number of ether oxygens (including phenoxy) is 1. The number of rotatable bonds is 4. The first kappa shape index (κ1) is 19.0. The van der Waals surface area contributed by atoms with Gasteiger partial charge in [-0.25, -0.2) is 0 Å². The second-order valence-corrected chi connectivity index (χ2v) is 6.64. The summed E-state index contributed by atoms with van der Waals surface area (Å²) in [6.45, 7) is 1.93. The lowest BCUT2D eigenvalue weighted by Gasteiger charge is -2.34. The van der Waals surface area contributed by atoms with Gasteiger partial charge in [0.05, 0.1) is 12.7 Å². The van der Waals surface area contributed by atoms with Crippen LogP contribution >= 0.6 is 11.6 Å². The molecule has 1 saturated heterocycles. The minimum Gasteiger partial charge on any atom is -0.496 e. The fourth-order valence-electron chi connectivity index (χ4n) is 2.98. The van der Waals surface area contributed by atoms with Crippen LogP contribution < -0.4 is 4.74 Å². The van der Waals surface area contributed by atoms with Gasteiger partial charge in [0.1, 0.15) is 5.75 Å². The van der Waals surface area contributed by atoms with Crippen LogP contribution in [0.3, 0.4) is 0 Å². The van der Waals surface area contributed by atoms with E-state index >= 15 is 0 Å². The van der Waals surface area contributed by atoms with Gasteiger partial charge < -0.3 is 14.5 Å². The Bertz CT molecular complexity index is 844. The number of carbonyl (C=O) groups is 2. The van der Waals surface area contributed by atoms with Crippen LogP contribution in [0, 0.1) is 0 Å². The quantitative estimate of drug-likeness (QED) is 0.759. The van der Waals surface area contributed by atoms with Gasteiger partial charge in [-0.3, -0.25) is 9.59 Å². The molecule has 1 aliphatic heterocycles. The summed E-state index contributed by atoms with van der Waals surface area (Å²) in [5, 5.41) is 0.485. The predicted molar refractivity (Wildman–Crippen MR) is 106 cm³/mol. The summed E-state index contributed by atoms with van der Waals surface area (Å²) >= 11 is 6.02. The van der Waals surface area contributed by atoms with Gasteiger partial charge in [-0.1, -0.05) is 41.9 Å². The van der Waals surface area contributed by atoms with Gasteiger partial charge in [-0.05, 0) is 29.8 Å². The van der Waals surface area contributed by atoms with Crippen molar-refractivity contribution in [3.05, 3.63) is 70.8 Å². The van der Waals surface area contributed by atoms with Crippen molar-refractivity contribution in [2.24, 2.45) is 0 Å². The number of methoxy groups -OCH3 is 1. The molecule has 6 heteroatoms. The lowest BCUT2D eigenvalue weighted by molar-refractivity contribution is -0.127. The Morgan fingerprint density at radius 3 is 2.33 bits per heavy atom. The van der Waals surface area contributed by atoms with Crippen molar-refractivity contribution >= 4 is 29.5 Å². The number of benzene rings is 2.